The molecule has 5 nitrogen and oxygen atoms in total. The topological polar surface area (TPSA) is 71.1 Å². The number of aromatic nitrogens is 1. The van der Waals surface area contributed by atoms with E-state index in [1.54, 1.807) is 6.20 Å². The molecule has 0 bridgehead atoms. The van der Waals surface area contributed by atoms with E-state index in [9.17, 15) is 9.59 Å². The Kier molecular flexibility index (Phi) is 2.73. The van der Waals surface area contributed by atoms with Crippen molar-refractivity contribution in [3.05, 3.63) is 30.1 Å². The lowest BCUT2D eigenvalue weighted by Gasteiger charge is -2.07. The number of hydrogen-bond acceptors (Lipinski definition) is 4. The number of carbonyl (C=O) groups excluding carboxylic acids is 2. The zero-order chi connectivity index (χ0) is 10.7. The molecule has 0 unspecified atom stereocenters. The zero-order valence-electron chi connectivity index (χ0n) is 8.06. The minimum Gasteiger partial charge on any atom is -0.300 e. The Balaban J connectivity index is 1.89. The smallest absolute Gasteiger partial charge is 0.244 e. The van der Waals surface area contributed by atoms with Gasteiger partial charge in [-0.15, -0.1) is 0 Å². The van der Waals surface area contributed by atoms with Crippen LogP contribution >= 0.6 is 0 Å². The van der Waals surface area contributed by atoms with Gasteiger partial charge in [-0.05, 0) is 12.1 Å². The van der Waals surface area contributed by atoms with Crippen LogP contribution in [0, 0.1) is 0 Å². The van der Waals surface area contributed by atoms with Crippen molar-refractivity contribution < 1.29 is 9.59 Å². The van der Waals surface area contributed by atoms with E-state index in [4.69, 9.17) is 0 Å². The lowest BCUT2D eigenvalue weighted by Crippen LogP contribution is -2.35. The van der Waals surface area contributed by atoms with Crippen molar-refractivity contribution in [2.24, 2.45) is 0 Å². The maximum atomic E-state index is 11.2. The summed E-state index contributed by atoms with van der Waals surface area (Å²) in [6.07, 6.45) is 1.91. The fourth-order valence-corrected chi connectivity index (χ4v) is 1.45. The number of carbonyl (C=O) groups is 2. The molecule has 1 saturated heterocycles. The zero-order valence-corrected chi connectivity index (χ0v) is 8.06. The molecule has 0 aromatic carbocycles. The van der Waals surface area contributed by atoms with Gasteiger partial charge in [0.1, 0.15) is 0 Å². The molecule has 78 valence electrons. The highest BCUT2D eigenvalue weighted by Crippen LogP contribution is 2.02. The van der Waals surface area contributed by atoms with Gasteiger partial charge in [0.15, 0.2) is 0 Å². The number of amides is 2. The van der Waals surface area contributed by atoms with E-state index in [0.29, 0.717) is 6.54 Å². The largest absolute Gasteiger partial charge is 0.300 e. The van der Waals surface area contributed by atoms with E-state index in [2.05, 4.69) is 15.6 Å². The minimum absolute atomic E-state index is 0.214. The summed E-state index contributed by atoms with van der Waals surface area (Å²) in [5, 5.41) is 5.23. The summed E-state index contributed by atoms with van der Waals surface area (Å²) in [5.41, 5.74) is 0.852. The van der Waals surface area contributed by atoms with Crippen molar-refractivity contribution in [3.63, 3.8) is 0 Å². The van der Waals surface area contributed by atoms with Gasteiger partial charge in [-0.3, -0.25) is 25.2 Å². The molecule has 1 fully saturated rings. The predicted molar refractivity (Wildman–Crippen MR) is 52.6 cm³/mol. The minimum atomic E-state index is -0.417. The molecule has 1 aliphatic heterocycles. The monoisotopic (exact) mass is 205 g/mol. The van der Waals surface area contributed by atoms with Gasteiger partial charge in [0.25, 0.3) is 0 Å². The molecule has 1 aromatic rings. The Morgan fingerprint density at radius 1 is 1.47 bits per heavy atom. The molecular formula is C10H11N3O2. The second kappa shape index (κ2) is 4.18. The summed E-state index contributed by atoms with van der Waals surface area (Å²) in [4.78, 5) is 26.2. The highest BCUT2D eigenvalue weighted by molar-refractivity contribution is 6.05. The van der Waals surface area contributed by atoms with Crippen molar-refractivity contribution >= 4 is 11.8 Å². The Morgan fingerprint density at radius 3 is 2.93 bits per heavy atom. The number of nitrogens with zero attached hydrogens (tertiary/aromatic N) is 1. The average molecular weight is 205 g/mol. The third kappa shape index (κ3) is 2.38. The van der Waals surface area contributed by atoms with Gasteiger partial charge in [0, 0.05) is 12.7 Å². The second-order valence-corrected chi connectivity index (χ2v) is 3.37. The first-order valence-electron chi connectivity index (χ1n) is 4.72. The van der Waals surface area contributed by atoms with Gasteiger partial charge in [-0.25, -0.2) is 0 Å². The fourth-order valence-electron chi connectivity index (χ4n) is 1.45. The van der Waals surface area contributed by atoms with Crippen LogP contribution in [0.25, 0.3) is 0 Å². The molecule has 5 heteroatoms. The highest BCUT2D eigenvalue weighted by atomic mass is 16.2. The van der Waals surface area contributed by atoms with Crippen LogP contribution in [0.3, 0.4) is 0 Å². The van der Waals surface area contributed by atoms with Crippen molar-refractivity contribution in [1.82, 2.24) is 15.6 Å². The second-order valence-electron chi connectivity index (χ2n) is 3.37. The van der Waals surface area contributed by atoms with Gasteiger partial charge < -0.3 is 0 Å². The SMILES string of the molecule is O=C1C[C@H](NCc2ccccn2)C(=O)N1. The number of hydrogen-bond donors (Lipinski definition) is 2. The van der Waals surface area contributed by atoms with E-state index in [-0.39, 0.29) is 18.2 Å². The Hall–Kier alpha value is -1.75. The highest BCUT2D eigenvalue weighted by Gasteiger charge is 2.29. The van der Waals surface area contributed by atoms with E-state index in [1.807, 2.05) is 18.2 Å². The molecule has 0 saturated carbocycles. The van der Waals surface area contributed by atoms with Crippen molar-refractivity contribution in [1.29, 1.82) is 0 Å². The van der Waals surface area contributed by atoms with E-state index in [0.717, 1.165) is 5.69 Å². The summed E-state index contributed by atoms with van der Waals surface area (Å²) in [6, 6.07) is 5.15. The first-order chi connectivity index (χ1) is 7.25. The van der Waals surface area contributed by atoms with Crippen LogP contribution < -0.4 is 10.6 Å². The van der Waals surface area contributed by atoms with Gasteiger partial charge >= 0.3 is 0 Å². The standard InChI is InChI=1S/C10H11N3O2/c14-9-5-8(10(15)13-9)12-6-7-3-1-2-4-11-7/h1-4,8,12H,5-6H2,(H,13,14,15)/t8-/m0/s1. The van der Waals surface area contributed by atoms with Crippen LogP contribution in [0.15, 0.2) is 24.4 Å². The summed E-state index contributed by atoms with van der Waals surface area (Å²) in [7, 11) is 0. The van der Waals surface area contributed by atoms with E-state index in [1.165, 1.54) is 0 Å². The van der Waals surface area contributed by atoms with Gasteiger partial charge in [-0.1, -0.05) is 6.07 Å². The molecule has 2 amide bonds. The van der Waals surface area contributed by atoms with Crippen LogP contribution in [0.5, 0.6) is 0 Å². The first kappa shape index (κ1) is 9.79. The van der Waals surface area contributed by atoms with Crippen LogP contribution in [0.4, 0.5) is 0 Å². The molecule has 1 atom stereocenters. The molecule has 2 rings (SSSR count). The Morgan fingerprint density at radius 2 is 2.33 bits per heavy atom. The Bertz CT molecular complexity index is 378. The molecule has 2 heterocycles. The third-order valence-electron chi connectivity index (χ3n) is 2.22. The lowest BCUT2D eigenvalue weighted by atomic mass is 10.2. The lowest BCUT2D eigenvalue weighted by molar-refractivity contribution is -0.125. The maximum absolute atomic E-state index is 11.2. The van der Waals surface area contributed by atoms with Crippen LogP contribution in [0.1, 0.15) is 12.1 Å². The molecule has 0 spiro atoms. The van der Waals surface area contributed by atoms with Gasteiger partial charge in [0.2, 0.25) is 11.8 Å². The number of pyridine rings is 1. The maximum Gasteiger partial charge on any atom is 0.244 e. The first-order valence-corrected chi connectivity index (χ1v) is 4.72. The van der Waals surface area contributed by atoms with Crippen molar-refractivity contribution in [3.8, 4) is 0 Å². The summed E-state index contributed by atoms with van der Waals surface area (Å²) in [5.74, 6) is -0.477. The number of imide groups is 1. The van der Waals surface area contributed by atoms with Crippen molar-refractivity contribution in [2.75, 3.05) is 0 Å². The van der Waals surface area contributed by atoms with Crippen LogP contribution in [0.2, 0.25) is 0 Å². The predicted octanol–water partition coefficient (Wildman–Crippen LogP) is -0.414. The van der Waals surface area contributed by atoms with Crippen LogP contribution in [-0.2, 0) is 16.1 Å². The third-order valence-corrected chi connectivity index (χ3v) is 2.22. The summed E-state index contributed by atoms with van der Waals surface area (Å²) >= 11 is 0. The normalized spacial score (nSPS) is 20.4. The molecule has 0 aliphatic carbocycles. The van der Waals surface area contributed by atoms with E-state index >= 15 is 0 Å². The fraction of sp³-hybridized carbons (Fsp3) is 0.300. The Labute approximate surface area is 86.9 Å². The van der Waals surface area contributed by atoms with Crippen molar-refractivity contribution in [2.45, 2.75) is 19.0 Å². The molecular weight excluding hydrogens is 194 g/mol. The number of rotatable bonds is 3. The summed E-state index contributed by atoms with van der Waals surface area (Å²) in [6.45, 7) is 0.492. The molecule has 15 heavy (non-hydrogen) atoms. The molecule has 1 aliphatic rings. The molecule has 2 N–H and O–H groups in total. The van der Waals surface area contributed by atoms with E-state index < -0.39 is 6.04 Å². The average Bonchev–Trinajstić information content (AvgIpc) is 2.56. The summed E-state index contributed by atoms with van der Waals surface area (Å²) < 4.78 is 0. The molecule has 0 radical (unpaired) electrons. The quantitative estimate of drug-likeness (QED) is 0.658. The number of nitrogens with one attached hydrogen (secondary N) is 2. The van der Waals surface area contributed by atoms with Gasteiger partial charge in [-0.2, -0.15) is 0 Å². The van der Waals surface area contributed by atoms with Crippen LogP contribution in [-0.4, -0.2) is 22.8 Å². The van der Waals surface area contributed by atoms with Gasteiger partial charge in [0.05, 0.1) is 18.2 Å². The molecule has 1 aromatic heterocycles.